The normalized spacial score (nSPS) is 18.4. The van der Waals surface area contributed by atoms with E-state index < -0.39 is 0 Å². The van der Waals surface area contributed by atoms with Crippen LogP contribution >= 0.6 is 0 Å². The Hall–Kier alpha value is -1.55. The van der Waals surface area contributed by atoms with E-state index in [0.29, 0.717) is 19.7 Å². The van der Waals surface area contributed by atoms with E-state index in [9.17, 15) is 4.79 Å². The minimum Gasteiger partial charge on any atom is -0.466 e. The van der Waals surface area contributed by atoms with Crippen LogP contribution in [0.1, 0.15) is 24.9 Å². The summed E-state index contributed by atoms with van der Waals surface area (Å²) in [5, 5.41) is 6.49. The molecule has 16 heavy (non-hydrogen) atoms. The van der Waals surface area contributed by atoms with Gasteiger partial charge in [-0.3, -0.25) is 10.1 Å². The summed E-state index contributed by atoms with van der Waals surface area (Å²) >= 11 is 0. The third kappa shape index (κ3) is 2.33. The number of ether oxygens (including phenoxy) is 1. The van der Waals surface area contributed by atoms with Crippen LogP contribution in [0.3, 0.4) is 0 Å². The first-order valence-electron chi connectivity index (χ1n) is 5.53. The van der Waals surface area contributed by atoms with Gasteiger partial charge in [0.1, 0.15) is 0 Å². The first-order chi connectivity index (χ1) is 7.81. The summed E-state index contributed by atoms with van der Waals surface area (Å²) in [6.45, 7) is 2.94. The second-order valence-corrected chi connectivity index (χ2v) is 3.71. The van der Waals surface area contributed by atoms with E-state index in [-0.39, 0.29) is 12.0 Å². The Balaban J connectivity index is 2.10. The van der Waals surface area contributed by atoms with Crippen molar-refractivity contribution in [1.82, 2.24) is 5.32 Å². The summed E-state index contributed by atoms with van der Waals surface area (Å²) in [5.41, 5.74) is 2.22. The predicted molar refractivity (Wildman–Crippen MR) is 62.1 cm³/mol. The van der Waals surface area contributed by atoms with Gasteiger partial charge < -0.3 is 10.1 Å². The van der Waals surface area contributed by atoms with Crippen molar-refractivity contribution < 1.29 is 9.53 Å². The zero-order valence-corrected chi connectivity index (χ0v) is 9.32. The van der Waals surface area contributed by atoms with Crippen LogP contribution in [0.15, 0.2) is 24.3 Å². The molecule has 4 nitrogen and oxygen atoms in total. The SMILES string of the molecule is CCOC(=O)CC1NCNc2ccccc21. The van der Waals surface area contributed by atoms with E-state index >= 15 is 0 Å². The molecule has 1 aromatic rings. The van der Waals surface area contributed by atoms with Gasteiger partial charge in [0.05, 0.1) is 19.7 Å². The van der Waals surface area contributed by atoms with Crippen LogP contribution in [-0.4, -0.2) is 19.2 Å². The maximum absolute atomic E-state index is 11.4. The van der Waals surface area contributed by atoms with Crippen LogP contribution in [0.25, 0.3) is 0 Å². The molecule has 0 radical (unpaired) electrons. The van der Waals surface area contributed by atoms with Crippen LogP contribution in [0.2, 0.25) is 0 Å². The molecule has 86 valence electrons. The van der Waals surface area contributed by atoms with E-state index in [1.807, 2.05) is 31.2 Å². The fourth-order valence-electron chi connectivity index (χ4n) is 1.91. The topological polar surface area (TPSA) is 50.4 Å². The Labute approximate surface area is 95.0 Å². The zero-order chi connectivity index (χ0) is 11.4. The van der Waals surface area contributed by atoms with Gasteiger partial charge in [0, 0.05) is 11.7 Å². The summed E-state index contributed by atoms with van der Waals surface area (Å²) < 4.78 is 4.96. The molecular weight excluding hydrogens is 204 g/mol. The molecule has 1 unspecified atom stereocenters. The summed E-state index contributed by atoms with van der Waals surface area (Å²) in [5.74, 6) is -0.156. The molecule has 1 atom stereocenters. The van der Waals surface area contributed by atoms with Crippen molar-refractivity contribution >= 4 is 11.7 Å². The second kappa shape index (κ2) is 4.99. The van der Waals surface area contributed by atoms with Gasteiger partial charge in [-0.25, -0.2) is 0 Å². The number of carbonyl (C=O) groups excluding carboxylic acids is 1. The van der Waals surface area contributed by atoms with Crippen molar-refractivity contribution in [2.45, 2.75) is 19.4 Å². The quantitative estimate of drug-likeness (QED) is 0.760. The molecule has 1 aliphatic rings. The number of anilines is 1. The van der Waals surface area contributed by atoms with Crippen LogP contribution in [0, 0.1) is 0 Å². The van der Waals surface area contributed by atoms with Crippen LogP contribution < -0.4 is 10.6 Å². The highest BCUT2D eigenvalue weighted by Gasteiger charge is 2.21. The van der Waals surface area contributed by atoms with Crippen molar-refractivity contribution in [1.29, 1.82) is 0 Å². The minimum atomic E-state index is -0.156. The molecule has 2 rings (SSSR count). The number of esters is 1. The average molecular weight is 220 g/mol. The summed E-state index contributed by atoms with van der Waals surface area (Å²) in [6.07, 6.45) is 0.381. The van der Waals surface area contributed by atoms with E-state index in [4.69, 9.17) is 4.74 Å². The fraction of sp³-hybridized carbons (Fsp3) is 0.417. The van der Waals surface area contributed by atoms with Gasteiger partial charge in [0.15, 0.2) is 0 Å². The maximum Gasteiger partial charge on any atom is 0.307 e. The largest absolute Gasteiger partial charge is 0.466 e. The van der Waals surface area contributed by atoms with Gasteiger partial charge in [-0.1, -0.05) is 18.2 Å². The fourth-order valence-corrected chi connectivity index (χ4v) is 1.91. The molecule has 1 aromatic carbocycles. The molecule has 0 amide bonds. The molecule has 1 aliphatic heterocycles. The van der Waals surface area contributed by atoms with Crippen molar-refractivity contribution in [3.63, 3.8) is 0 Å². The smallest absolute Gasteiger partial charge is 0.307 e. The molecular formula is C12H16N2O2. The number of carbonyl (C=O) groups is 1. The van der Waals surface area contributed by atoms with Gasteiger partial charge in [-0.05, 0) is 18.6 Å². The number of hydrogen-bond acceptors (Lipinski definition) is 4. The molecule has 4 heteroatoms. The van der Waals surface area contributed by atoms with Crippen LogP contribution in [-0.2, 0) is 9.53 Å². The molecule has 0 saturated heterocycles. The minimum absolute atomic E-state index is 0.0523. The highest BCUT2D eigenvalue weighted by Crippen LogP contribution is 2.27. The van der Waals surface area contributed by atoms with Gasteiger partial charge in [0.2, 0.25) is 0 Å². The monoisotopic (exact) mass is 220 g/mol. The zero-order valence-electron chi connectivity index (χ0n) is 9.32. The van der Waals surface area contributed by atoms with Gasteiger partial charge in [0.25, 0.3) is 0 Å². The Kier molecular flexibility index (Phi) is 3.41. The highest BCUT2D eigenvalue weighted by molar-refractivity contribution is 5.71. The standard InChI is InChI=1S/C12H16N2O2/c1-2-16-12(15)7-11-9-5-3-4-6-10(9)13-8-14-11/h3-6,11,13-14H,2,7-8H2,1H3. The summed E-state index contributed by atoms with van der Waals surface area (Å²) in [4.78, 5) is 11.4. The van der Waals surface area contributed by atoms with Crippen molar-refractivity contribution in [3.05, 3.63) is 29.8 Å². The van der Waals surface area contributed by atoms with Crippen LogP contribution in [0.5, 0.6) is 0 Å². The number of para-hydroxylation sites is 1. The lowest BCUT2D eigenvalue weighted by atomic mass is 10.0. The maximum atomic E-state index is 11.4. The summed E-state index contributed by atoms with van der Waals surface area (Å²) in [7, 11) is 0. The van der Waals surface area contributed by atoms with E-state index in [1.54, 1.807) is 0 Å². The lowest BCUT2D eigenvalue weighted by Gasteiger charge is -2.27. The first kappa shape index (κ1) is 11.0. The molecule has 2 N–H and O–H groups in total. The molecule has 0 aliphatic carbocycles. The van der Waals surface area contributed by atoms with Crippen molar-refractivity contribution in [3.8, 4) is 0 Å². The van der Waals surface area contributed by atoms with Crippen LogP contribution in [0.4, 0.5) is 5.69 Å². The average Bonchev–Trinajstić information content (AvgIpc) is 2.30. The second-order valence-electron chi connectivity index (χ2n) is 3.71. The van der Waals surface area contributed by atoms with E-state index in [1.165, 1.54) is 0 Å². The van der Waals surface area contributed by atoms with E-state index in [0.717, 1.165) is 11.3 Å². The predicted octanol–water partition coefficient (Wildman–Crippen LogP) is 1.65. The third-order valence-corrected chi connectivity index (χ3v) is 2.64. The Morgan fingerprint density at radius 2 is 2.31 bits per heavy atom. The molecule has 0 fully saturated rings. The lowest BCUT2D eigenvalue weighted by molar-refractivity contribution is -0.143. The number of fused-ring (bicyclic) bond motifs is 1. The third-order valence-electron chi connectivity index (χ3n) is 2.64. The Bertz CT molecular complexity index is 379. The number of hydrogen-bond donors (Lipinski definition) is 2. The Morgan fingerprint density at radius 1 is 1.50 bits per heavy atom. The van der Waals surface area contributed by atoms with Gasteiger partial charge >= 0.3 is 5.97 Å². The molecule has 0 bridgehead atoms. The Morgan fingerprint density at radius 3 is 3.12 bits per heavy atom. The van der Waals surface area contributed by atoms with Gasteiger partial charge in [-0.2, -0.15) is 0 Å². The number of benzene rings is 1. The van der Waals surface area contributed by atoms with E-state index in [2.05, 4.69) is 10.6 Å². The molecule has 0 saturated carbocycles. The first-order valence-corrected chi connectivity index (χ1v) is 5.53. The molecule has 0 spiro atoms. The van der Waals surface area contributed by atoms with Crippen molar-refractivity contribution in [2.75, 3.05) is 18.6 Å². The summed E-state index contributed by atoms with van der Waals surface area (Å²) in [6, 6.07) is 8.06. The number of nitrogens with one attached hydrogen (secondary N) is 2. The molecule has 0 aromatic heterocycles. The number of rotatable bonds is 3. The lowest BCUT2D eigenvalue weighted by Crippen LogP contribution is -2.34. The highest BCUT2D eigenvalue weighted by atomic mass is 16.5. The van der Waals surface area contributed by atoms with Crippen molar-refractivity contribution in [2.24, 2.45) is 0 Å². The van der Waals surface area contributed by atoms with Gasteiger partial charge in [-0.15, -0.1) is 0 Å². The molecule has 1 heterocycles.